The first-order valence-electron chi connectivity index (χ1n) is 6.07. The number of thioether (sulfide) groups is 1. The van der Waals surface area contributed by atoms with E-state index in [1.165, 1.54) is 5.56 Å². The maximum absolute atomic E-state index is 9.06. The van der Waals surface area contributed by atoms with Gasteiger partial charge in [-0.25, -0.2) is 0 Å². The first-order chi connectivity index (χ1) is 8.19. The summed E-state index contributed by atoms with van der Waals surface area (Å²) in [6.45, 7) is 4.39. The van der Waals surface area contributed by atoms with Gasteiger partial charge in [-0.2, -0.15) is 11.8 Å². The minimum absolute atomic E-state index is 0.147. The Balaban J connectivity index is 2.68. The monoisotopic (exact) mass is 254 g/mol. The van der Waals surface area contributed by atoms with Crippen molar-refractivity contribution in [2.75, 3.05) is 12.4 Å². The van der Waals surface area contributed by atoms with E-state index < -0.39 is 0 Å². The van der Waals surface area contributed by atoms with Crippen molar-refractivity contribution in [1.82, 2.24) is 4.98 Å². The summed E-state index contributed by atoms with van der Waals surface area (Å²) in [5, 5.41) is 9.35. The minimum atomic E-state index is 0.147. The molecule has 0 fully saturated rings. The summed E-state index contributed by atoms with van der Waals surface area (Å²) < 4.78 is 0. The number of rotatable bonds is 7. The molecular formula is C13H22N2OS. The maximum atomic E-state index is 9.06. The summed E-state index contributed by atoms with van der Waals surface area (Å²) >= 11 is 1.83. The van der Waals surface area contributed by atoms with Crippen molar-refractivity contribution in [3.8, 4) is 0 Å². The Labute approximate surface area is 108 Å². The summed E-state index contributed by atoms with van der Waals surface area (Å²) in [7, 11) is 0. The number of nitrogens with two attached hydrogens (primary N) is 1. The highest BCUT2D eigenvalue weighted by molar-refractivity contribution is 7.99. The third kappa shape index (κ3) is 4.66. The quantitative estimate of drug-likeness (QED) is 0.783. The molecule has 0 spiro atoms. The van der Waals surface area contributed by atoms with Gasteiger partial charge in [0.25, 0.3) is 0 Å². The molecule has 0 aromatic carbocycles. The lowest BCUT2D eigenvalue weighted by atomic mass is 10.1. The van der Waals surface area contributed by atoms with E-state index in [0.29, 0.717) is 5.92 Å². The normalized spacial score (nSPS) is 16.5. The van der Waals surface area contributed by atoms with E-state index in [4.69, 9.17) is 10.8 Å². The molecule has 0 aliphatic heterocycles. The van der Waals surface area contributed by atoms with E-state index in [-0.39, 0.29) is 17.9 Å². The Hall–Kier alpha value is -0.580. The Morgan fingerprint density at radius 3 is 2.59 bits per heavy atom. The molecule has 0 saturated carbocycles. The number of aliphatic hydroxyl groups excluding tert-OH is 1. The highest BCUT2D eigenvalue weighted by Crippen LogP contribution is 2.33. The molecule has 1 aromatic heterocycles. The standard InChI is InChI=1S/C13H22N2OS/c1-3-12(14)13(17-9-10(2)8-16)11-4-6-15-7-5-11/h4-7,10,12-13,16H,3,8-9,14H2,1-2H3. The molecule has 3 unspecified atom stereocenters. The molecule has 1 aromatic rings. The molecule has 0 aliphatic carbocycles. The zero-order chi connectivity index (χ0) is 12.7. The predicted molar refractivity (Wildman–Crippen MR) is 74.0 cm³/mol. The summed E-state index contributed by atoms with van der Waals surface area (Å²) in [6, 6.07) is 4.20. The Morgan fingerprint density at radius 2 is 2.06 bits per heavy atom. The van der Waals surface area contributed by atoms with Gasteiger partial charge in [-0.3, -0.25) is 4.98 Å². The lowest BCUT2D eigenvalue weighted by Gasteiger charge is -2.24. The Bertz CT molecular complexity index is 308. The van der Waals surface area contributed by atoms with Gasteiger partial charge in [0.1, 0.15) is 0 Å². The van der Waals surface area contributed by atoms with E-state index in [0.717, 1.165) is 12.2 Å². The number of pyridine rings is 1. The third-order valence-electron chi connectivity index (χ3n) is 2.77. The molecule has 0 bridgehead atoms. The summed E-state index contributed by atoms with van der Waals surface area (Å²) in [5.74, 6) is 1.24. The van der Waals surface area contributed by atoms with E-state index in [1.807, 2.05) is 30.8 Å². The molecule has 1 heterocycles. The van der Waals surface area contributed by atoms with Crippen molar-refractivity contribution in [2.24, 2.45) is 11.7 Å². The van der Waals surface area contributed by atoms with Crippen LogP contribution in [0, 0.1) is 5.92 Å². The second kappa shape index (κ2) is 7.69. The first kappa shape index (κ1) is 14.5. The average Bonchev–Trinajstić information content (AvgIpc) is 2.39. The van der Waals surface area contributed by atoms with Crippen molar-refractivity contribution in [3.63, 3.8) is 0 Å². The highest BCUT2D eigenvalue weighted by Gasteiger charge is 2.19. The van der Waals surface area contributed by atoms with Gasteiger partial charge in [-0.15, -0.1) is 0 Å². The SMILES string of the molecule is CCC(N)C(SCC(C)CO)c1ccncc1. The van der Waals surface area contributed by atoms with Crippen LogP contribution in [0.25, 0.3) is 0 Å². The second-order valence-electron chi connectivity index (χ2n) is 4.39. The molecule has 1 rings (SSSR count). The Morgan fingerprint density at radius 1 is 1.41 bits per heavy atom. The first-order valence-corrected chi connectivity index (χ1v) is 7.11. The van der Waals surface area contributed by atoms with Gasteiger partial charge in [-0.05, 0) is 35.8 Å². The number of aromatic nitrogens is 1. The largest absolute Gasteiger partial charge is 0.396 e. The number of hydrogen-bond acceptors (Lipinski definition) is 4. The topological polar surface area (TPSA) is 59.1 Å². The van der Waals surface area contributed by atoms with Crippen LogP contribution < -0.4 is 5.73 Å². The zero-order valence-electron chi connectivity index (χ0n) is 10.5. The molecule has 0 aliphatic rings. The molecule has 0 amide bonds. The zero-order valence-corrected chi connectivity index (χ0v) is 11.4. The van der Waals surface area contributed by atoms with Crippen LogP contribution in [0.3, 0.4) is 0 Å². The van der Waals surface area contributed by atoms with E-state index in [2.05, 4.69) is 11.9 Å². The van der Waals surface area contributed by atoms with Crippen LogP contribution in [0.15, 0.2) is 24.5 Å². The molecule has 0 radical (unpaired) electrons. The molecule has 3 nitrogen and oxygen atoms in total. The van der Waals surface area contributed by atoms with Crippen molar-refractivity contribution < 1.29 is 5.11 Å². The molecule has 4 heteroatoms. The van der Waals surface area contributed by atoms with Crippen LogP contribution in [0.2, 0.25) is 0 Å². The number of hydrogen-bond donors (Lipinski definition) is 2. The van der Waals surface area contributed by atoms with Crippen LogP contribution in [0.1, 0.15) is 31.1 Å². The molecule has 0 saturated heterocycles. The second-order valence-corrected chi connectivity index (χ2v) is 5.57. The van der Waals surface area contributed by atoms with Crippen molar-refractivity contribution in [3.05, 3.63) is 30.1 Å². The molecule has 96 valence electrons. The van der Waals surface area contributed by atoms with Crippen LogP contribution in [0.5, 0.6) is 0 Å². The van der Waals surface area contributed by atoms with Crippen LogP contribution in [-0.4, -0.2) is 28.5 Å². The lowest BCUT2D eigenvalue weighted by molar-refractivity contribution is 0.250. The lowest BCUT2D eigenvalue weighted by Crippen LogP contribution is -2.26. The van der Waals surface area contributed by atoms with E-state index in [9.17, 15) is 0 Å². The molecule has 17 heavy (non-hydrogen) atoms. The van der Waals surface area contributed by atoms with Gasteiger partial charge < -0.3 is 10.8 Å². The van der Waals surface area contributed by atoms with Gasteiger partial charge in [0, 0.05) is 30.3 Å². The fourth-order valence-electron chi connectivity index (χ4n) is 1.55. The van der Waals surface area contributed by atoms with Crippen molar-refractivity contribution >= 4 is 11.8 Å². The third-order valence-corrected chi connectivity index (χ3v) is 4.51. The van der Waals surface area contributed by atoms with E-state index in [1.54, 1.807) is 12.4 Å². The summed E-state index contributed by atoms with van der Waals surface area (Å²) in [5.41, 5.74) is 7.40. The van der Waals surface area contributed by atoms with Crippen molar-refractivity contribution in [2.45, 2.75) is 31.6 Å². The fraction of sp³-hybridized carbons (Fsp3) is 0.615. The van der Waals surface area contributed by atoms with E-state index >= 15 is 0 Å². The fourth-order valence-corrected chi connectivity index (χ4v) is 2.99. The van der Waals surface area contributed by atoms with Gasteiger partial charge >= 0.3 is 0 Å². The van der Waals surface area contributed by atoms with Crippen LogP contribution in [0.4, 0.5) is 0 Å². The molecule has 3 N–H and O–H groups in total. The van der Waals surface area contributed by atoms with Crippen molar-refractivity contribution in [1.29, 1.82) is 0 Å². The number of nitrogens with zero attached hydrogens (tertiary/aromatic N) is 1. The van der Waals surface area contributed by atoms with Gasteiger partial charge in [0.05, 0.1) is 0 Å². The highest BCUT2D eigenvalue weighted by atomic mass is 32.2. The predicted octanol–water partition coefficient (Wildman–Crippen LogP) is 2.22. The summed E-state index contributed by atoms with van der Waals surface area (Å²) in [4.78, 5) is 4.03. The van der Waals surface area contributed by atoms with Gasteiger partial charge in [0.2, 0.25) is 0 Å². The maximum Gasteiger partial charge on any atom is 0.0464 e. The van der Waals surface area contributed by atoms with Gasteiger partial charge in [0.15, 0.2) is 0 Å². The van der Waals surface area contributed by atoms with Crippen LogP contribution >= 0.6 is 11.8 Å². The average molecular weight is 254 g/mol. The van der Waals surface area contributed by atoms with Crippen LogP contribution in [-0.2, 0) is 0 Å². The Kier molecular flexibility index (Phi) is 6.55. The molecule has 3 atom stereocenters. The number of aliphatic hydroxyl groups is 1. The summed E-state index contributed by atoms with van der Waals surface area (Å²) in [6.07, 6.45) is 4.56. The smallest absolute Gasteiger partial charge is 0.0464 e. The minimum Gasteiger partial charge on any atom is -0.396 e. The molecular weight excluding hydrogens is 232 g/mol. The van der Waals surface area contributed by atoms with Gasteiger partial charge in [-0.1, -0.05) is 13.8 Å².